The van der Waals surface area contributed by atoms with Crippen molar-refractivity contribution in [3.05, 3.63) is 30.6 Å². The summed E-state index contributed by atoms with van der Waals surface area (Å²) in [5, 5.41) is 8.71. The van der Waals surface area contributed by atoms with Crippen molar-refractivity contribution >= 4 is 63.2 Å². The zero-order valence-electron chi connectivity index (χ0n) is 79.6. The number of carboxylic acid groups (broad SMARTS) is 1. The van der Waals surface area contributed by atoms with Crippen molar-refractivity contribution in [3.8, 4) is 0 Å². The predicted molar refractivity (Wildman–Crippen MR) is 502 cm³/mol. The molecule has 1 aromatic rings. The Morgan fingerprint density at radius 3 is 0.792 bits per heavy atom. The molecule has 2 heterocycles. The molecule has 1 aliphatic heterocycles. The summed E-state index contributed by atoms with van der Waals surface area (Å²) < 4.78 is 69.8. The van der Waals surface area contributed by atoms with E-state index < -0.39 is 83.6 Å². The molecule has 1 fully saturated rings. The van der Waals surface area contributed by atoms with Gasteiger partial charge in [0.25, 0.3) is 0 Å². The number of esters is 6. The summed E-state index contributed by atoms with van der Waals surface area (Å²) in [4.78, 5) is 116. The summed E-state index contributed by atoms with van der Waals surface area (Å²) in [6, 6.07) is 5.72. The molecule has 0 spiro atoms. The number of cyclic esters (lactones) is 2. The average Bonchev–Trinajstić information content (AvgIpc) is 1.72. The summed E-state index contributed by atoms with van der Waals surface area (Å²) in [6.45, 7) is 6.78. The molecule has 0 aliphatic carbocycles. The minimum absolute atomic E-state index is 0.00221. The number of nitrogens with zero attached hydrogens (tertiary/aromatic N) is 1. The van der Waals surface area contributed by atoms with Crippen molar-refractivity contribution in [1.82, 2.24) is 4.98 Å². The summed E-state index contributed by atoms with van der Waals surface area (Å²) >= 11 is 0. The van der Waals surface area contributed by atoms with Gasteiger partial charge in [-0.15, -0.1) is 0 Å². The van der Waals surface area contributed by atoms with E-state index in [4.69, 9.17) is 43.4 Å². The number of hydrogen-bond donors (Lipinski definition) is 4. The summed E-state index contributed by atoms with van der Waals surface area (Å²) in [5.74, 6) is -3.89. The van der Waals surface area contributed by atoms with E-state index in [1.54, 1.807) is 12.4 Å². The van der Waals surface area contributed by atoms with Crippen LogP contribution >= 0.6 is 15.6 Å². The maximum atomic E-state index is 12.7. The third-order valence-electron chi connectivity index (χ3n) is 22.3. The Bertz CT molecular complexity index is 2680. The van der Waals surface area contributed by atoms with E-state index in [0.29, 0.717) is 19.3 Å². The van der Waals surface area contributed by atoms with E-state index in [9.17, 15) is 57.3 Å². The average molecular weight is 1820 g/mol. The van der Waals surface area contributed by atoms with Crippen LogP contribution in [0.5, 0.6) is 0 Å². The standard InChI is InChI=1S/C48H91O11P.C42H84NO8P.C5H5N.C4H4O3/c1-3-5-7-9-11-13-15-17-19-21-23-25-27-29-31-33-37-47(52)56-42-45(43-58-60(54,55)57-41-35-36-44(49)39-40-46(50)51)59-48(53)38-34-32-30-28-26-24-22-20-18-16-14-12-10-8-6-4-2;1-3-5-7-9-11-13-15-17-19-21-23-25-27-29-31-33-35-41(44)48-37-40(38-49-52(46,47)50-39-43)51-42(45)36-34-32-30-28-26-24-22-20-18-16-14-12-10-8-6-4-2;1-2-4-6-5-3-1;5-3-1-2-4(6)7-3/h45H,3-43H2,1-2H3,(H,50,51)(H,54,55);40H,3-39,43H2,1-2H3,(H,46,47);1-5H;1-2H2. The second-order valence-corrected chi connectivity index (χ2v) is 37.3. The summed E-state index contributed by atoms with van der Waals surface area (Å²) in [6.07, 6.45) is 82.4. The molecule has 2 rings (SSSR count). The lowest BCUT2D eigenvalue weighted by Gasteiger charge is -2.20. The Hall–Kier alpha value is -4.51. The van der Waals surface area contributed by atoms with Crippen LogP contribution in [-0.4, -0.2) is 119 Å². The molecule has 4 atom stereocenters. The van der Waals surface area contributed by atoms with Crippen LogP contribution < -0.4 is 5.73 Å². The van der Waals surface area contributed by atoms with Crippen molar-refractivity contribution < 1.29 is 104 Å². The van der Waals surface area contributed by atoms with Gasteiger partial charge in [0.05, 0.1) is 39.1 Å². The van der Waals surface area contributed by atoms with Crippen molar-refractivity contribution in [2.75, 3.05) is 39.8 Å². The number of Topliss-reactive ketones (excluding diaryl/α,β-unsaturated/α-hetero) is 1. The monoisotopic (exact) mass is 1820 g/mol. The largest absolute Gasteiger partial charge is 0.481 e. The van der Waals surface area contributed by atoms with Crippen LogP contribution in [0.3, 0.4) is 0 Å². The maximum absolute atomic E-state index is 12.7. The van der Waals surface area contributed by atoms with Crippen LogP contribution in [0.15, 0.2) is 30.6 Å². The Morgan fingerprint density at radius 1 is 0.328 bits per heavy atom. The number of nitrogens with two attached hydrogens (primary N) is 1. The van der Waals surface area contributed by atoms with Crippen LogP contribution in [0.1, 0.15) is 503 Å². The minimum Gasteiger partial charge on any atom is -0.481 e. The molecule has 4 unspecified atom stereocenters. The number of hydrogen-bond acceptors (Lipinski definition) is 21. The van der Waals surface area contributed by atoms with Gasteiger partial charge in [-0.2, -0.15) is 0 Å². The molecule has 732 valence electrons. The number of phosphoric ester groups is 2. The van der Waals surface area contributed by atoms with Crippen molar-refractivity contribution in [2.45, 2.75) is 515 Å². The van der Waals surface area contributed by atoms with Crippen molar-refractivity contribution in [1.29, 1.82) is 0 Å². The molecule has 0 bridgehead atoms. The highest BCUT2D eigenvalue weighted by Gasteiger charge is 2.28. The van der Waals surface area contributed by atoms with Gasteiger partial charge in [-0.05, 0) is 44.2 Å². The fourth-order valence-electron chi connectivity index (χ4n) is 14.6. The lowest BCUT2D eigenvalue weighted by atomic mass is 10.0. The molecule has 26 heteroatoms. The second kappa shape index (κ2) is 95.6. The van der Waals surface area contributed by atoms with E-state index in [0.717, 1.165) is 70.6 Å². The van der Waals surface area contributed by atoms with E-state index >= 15 is 0 Å². The third kappa shape index (κ3) is 98.4. The molecule has 0 radical (unpaired) electrons. The van der Waals surface area contributed by atoms with Gasteiger partial charge < -0.3 is 44.3 Å². The van der Waals surface area contributed by atoms with Crippen LogP contribution in [0.25, 0.3) is 0 Å². The number of ketones is 1. The second-order valence-electron chi connectivity index (χ2n) is 34.4. The lowest BCUT2D eigenvalue weighted by Crippen LogP contribution is -2.29. The van der Waals surface area contributed by atoms with Gasteiger partial charge in [-0.1, -0.05) is 419 Å². The Morgan fingerprint density at radius 2 is 0.576 bits per heavy atom. The molecular weight excluding hydrogens is 1630 g/mol. The van der Waals surface area contributed by atoms with Gasteiger partial charge in [0.2, 0.25) is 0 Å². The fraction of sp³-hybridized carbons (Fsp3) is 0.869. The molecule has 5 N–H and O–H groups in total. The summed E-state index contributed by atoms with van der Waals surface area (Å²) in [7, 11) is -8.96. The molecule has 1 aliphatic rings. The van der Waals surface area contributed by atoms with Gasteiger partial charge in [-0.3, -0.25) is 61.4 Å². The first-order chi connectivity index (χ1) is 60.7. The first kappa shape index (κ1) is 123. The van der Waals surface area contributed by atoms with Crippen LogP contribution in [-0.2, 0) is 89.3 Å². The summed E-state index contributed by atoms with van der Waals surface area (Å²) in [5.41, 5.74) is 5.20. The van der Waals surface area contributed by atoms with Crippen molar-refractivity contribution in [2.24, 2.45) is 5.73 Å². The number of pyridine rings is 1. The lowest BCUT2D eigenvalue weighted by molar-refractivity contribution is -0.161. The molecular formula is C99H184N2O22P2. The van der Waals surface area contributed by atoms with Gasteiger partial charge in [-0.25, -0.2) is 9.13 Å². The molecule has 0 aromatic carbocycles. The fourth-order valence-corrected chi connectivity index (χ4v) is 16.0. The first-order valence-electron chi connectivity index (χ1n) is 50.7. The van der Waals surface area contributed by atoms with E-state index in [-0.39, 0.29) is 95.8 Å². The normalized spacial score (nSPS) is 13.2. The van der Waals surface area contributed by atoms with Crippen LogP contribution in [0.2, 0.25) is 0 Å². The number of carbonyl (C=O) groups excluding carboxylic acids is 7. The minimum atomic E-state index is -4.57. The number of ether oxygens (including phenoxy) is 5. The Kier molecular flexibility index (Phi) is 93.7. The first-order valence-corrected chi connectivity index (χ1v) is 53.7. The highest BCUT2D eigenvalue weighted by atomic mass is 31.2. The zero-order valence-corrected chi connectivity index (χ0v) is 81.4. The Balaban J connectivity index is 0. The van der Waals surface area contributed by atoms with Gasteiger partial charge >= 0.3 is 57.4 Å². The third-order valence-corrected chi connectivity index (χ3v) is 24.2. The van der Waals surface area contributed by atoms with Crippen molar-refractivity contribution in [3.63, 3.8) is 0 Å². The van der Waals surface area contributed by atoms with Gasteiger partial charge in [0, 0.05) is 50.9 Å². The molecule has 1 aromatic heterocycles. The number of carbonyl (C=O) groups is 8. The number of rotatable bonds is 90. The molecule has 125 heavy (non-hydrogen) atoms. The molecule has 0 amide bonds. The molecule has 24 nitrogen and oxygen atoms in total. The van der Waals surface area contributed by atoms with Gasteiger partial charge in [0.15, 0.2) is 12.2 Å². The molecule has 0 saturated carbocycles. The number of aromatic nitrogens is 1. The quantitative estimate of drug-likeness (QED) is 0.0117. The highest BCUT2D eigenvalue weighted by molar-refractivity contribution is 7.47. The highest BCUT2D eigenvalue weighted by Crippen LogP contribution is 2.44. The topological polar surface area (TPSA) is 353 Å². The van der Waals surface area contributed by atoms with Crippen LogP contribution in [0, 0.1) is 0 Å². The van der Waals surface area contributed by atoms with E-state index in [2.05, 4.69) is 41.9 Å². The zero-order chi connectivity index (χ0) is 91.9. The number of phosphoric acid groups is 2. The maximum Gasteiger partial charge on any atom is 0.473 e. The number of aliphatic carboxylic acids is 1. The SMILES string of the molecule is CCCCCCCCCCCCCCCCCCC(=O)OCC(COP(=O)(O)OCCCC(=O)CCC(=O)O)OC(=O)CCCCCCCCCCCCCCCCCC.CCCCCCCCCCCCCCCCCCC(=O)OCC(COP(=O)(O)OCN)OC(=O)CCCCCCCCCCCCCCCCCC.O=C1CCC(=O)O1.c1ccncc1. The Labute approximate surface area is 759 Å². The van der Waals surface area contributed by atoms with E-state index in [1.807, 2.05) is 18.2 Å². The predicted octanol–water partition coefficient (Wildman–Crippen LogP) is 27.8. The number of carboxylic acids is 1. The molecule has 1 saturated heterocycles. The van der Waals surface area contributed by atoms with Gasteiger partial charge in [0.1, 0.15) is 25.7 Å². The number of unbranched alkanes of at least 4 members (excludes halogenated alkanes) is 60. The van der Waals surface area contributed by atoms with Crippen LogP contribution in [0.4, 0.5) is 0 Å². The smallest absolute Gasteiger partial charge is 0.473 e. The van der Waals surface area contributed by atoms with E-state index in [1.165, 1.54) is 321 Å².